The fraction of sp³-hybridized carbons (Fsp3) is 0.273. The van der Waals surface area contributed by atoms with Crippen LogP contribution in [0.15, 0.2) is 45.6 Å². The Morgan fingerprint density at radius 1 is 1.13 bits per heavy atom. The van der Waals surface area contributed by atoms with Gasteiger partial charge in [0.15, 0.2) is 0 Å². The second-order valence-corrected chi connectivity index (χ2v) is 8.00. The molecule has 0 atom stereocenters. The van der Waals surface area contributed by atoms with Crippen molar-refractivity contribution in [2.75, 3.05) is 39.2 Å². The highest BCUT2D eigenvalue weighted by Crippen LogP contribution is 2.29. The minimum Gasteiger partial charge on any atom is -0.422 e. The third kappa shape index (κ3) is 4.58. The number of hydrogen-bond acceptors (Lipinski definition) is 5. The molecule has 0 aliphatic carbocycles. The number of hydrogen-bond donors (Lipinski definition) is 2. The van der Waals surface area contributed by atoms with Gasteiger partial charge in [-0.15, -0.1) is 0 Å². The van der Waals surface area contributed by atoms with E-state index in [1.54, 1.807) is 32.3 Å². The predicted octanol–water partition coefficient (Wildman–Crippen LogP) is 3.77. The van der Waals surface area contributed by atoms with Gasteiger partial charge in [-0.25, -0.2) is 9.59 Å². The lowest BCUT2D eigenvalue weighted by atomic mass is 9.97. The predicted molar refractivity (Wildman–Crippen MR) is 121 cm³/mol. The Morgan fingerprint density at radius 3 is 2.53 bits per heavy atom. The van der Waals surface area contributed by atoms with E-state index in [2.05, 4.69) is 5.32 Å². The summed E-state index contributed by atoms with van der Waals surface area (Å²) in [5.74, 6) is 0. The van der Waals surface area contributed by atoms with Crippen LogP contribution in [0.25, 0.3) is 11.0 Å². The number of rotatable bonds is 5. The maximum Gasteiger partial charge on any atom is 0.340 e. The number of nitrogens with two attached hydrogens (primary N) is 1. The number of amides is 2. The van der Waals surface area contributed by atoms with Gasteiger partial charge in [0, 0.05) is 49.8 Å². The van der Waals surface area contributed by atoms with E-state index in [4.69, 9.17) is 21.8 Å². The molecule has 0 aliphatic heterocycles. The van der Waals surface area contributed by atoms with E-state index in [-0.39, 0.29) is 6.03 Å². The Balaban J connectivity index is 2.13. The van der Waals surface area contributed by atoms with Gasteiger partial charge in [-0.05, 0) is 43.4 Å². The van der Waals surface area contributed by atoms with Crippen molar-refractivity contribution in [1.29, 1.82) is 0 Å². The summed E-state index contributed by atoms with van der Waals surface area (Å²) in [6, 6.07) is 10.4. The number of anilines is 2. The lowest BCUT2D eigenvalue weighted by molar-refractivity contribution is 0.230. The molecule has 0 unspecified atom stereocenters. The normalized spacial score (nSPS) is 11.1. The van der Waals surface area contributed by atoms with Crippen molar-refractivity contribution in [3.05, 3.63) is 68.5 Å². The van der Waals surface area contributed by atoms with Crippen molar-refractivity contribution in [1.82, 2.24) is 9.80 Å². The van der Waals surface area contributed by atoms with E-state index in [9.17, 15) is 9.59 Å². The van der Waals surface area contributed by atoms with Crippen LogP contribution >= 0.6 is 11.6 Å². The number of nitrogens with zero attached hydrogens (tertiary/aromatic N) is 2. The summed E-state index contributed by atoms with van der Waals surface area (Å²) in [5, 5.41) is 4.01. The Kier molecular flexibility index (Phi) is 6.34. The van der Waals surface area contributed by atoms with Crippen LogP contribution in [0, 0.1) is 0 Å². The first-order valence-corrected chi connectivity index (χ1v) is 9.79. The standard InChI is InChI=1S/C22H25ClN4O3/c1-26(2)12-17-15-9-8-14(25-22(29)27(3)4)11-19(15)30-21(28)16(17)10-13-6-5-7-18(24)20(13)23/h5-9,11H,10,12,24H2,1-4H3,(H,25,29). The van der Waals surface area contributed by atoms with Crippen LogP contribution in [0.4, 0.5) is 16.2 Å². The molecular formula is C22H25ClN4O3. The lowest BCUT2D eigenvalue weighted by Gasteiger charge is -2.17. The first kappa shape index (κ1) is 21.7. The van der Waals surface area contributed by atoms with Crippen LogP contribution in [-0.2, 0) is 13.0 Å². The molecule has 1 heterocycles. The van der Waals surface area contributed by atoms with Crippen LogP contribution in [0.5, 0.6) is 0 Å². The van der Waals surface area contributed by atoms with Crippen LogP contribution in [-0.4, -0.2) is 44.0 Å². The summed E-state index contributed by atoms with van der Waals surface area (Å²) in [6.07, 6.45) is 0.310. The average Bonchev–Trinajstić information content (AvgIpc) is 2.67. The number of carbonyl (C=O) groups is 1. The van der Waals surface area contributed by atoms with Crippen LogP contribution in [0.1, 0.15) is 16.7 Å². The van der Waals surface area contributed by atoms with Crippen LogP contribution in [0.2, 0.25) is 5.02 Å². The Labute approximate surface area is 180 Å². The molecule has 0 saturated carbocycles. The highest BCUT2D eigenvalue weighted by molar-refractivity contribution is 6.33. The summed E-state index contributed by atoms with van der Waals surface area (Å²) in [6.45, 7) is 0.542. The highest BCUT2D eigenvalue weighted by Gasteiger charge is 2.18. The SMILES string of the molecule is CN(C)Cc1c(Cc2cccc(N)c2Cl)c(=O)oc2cc(NC(=O)N(C)C)ccc12. The van der Waals surface area contributed by atoms with Gasteiger partial charge in [0.05, 0.1) is 10.7 Å². The monoisotopic (exact) mass is 428 g/mol. The number of carbonyl (C=O) groups excluding carboxylic acids is 1. The van der Waals surface area contributed by atoms with Gasteiger partial charge in [0.25, 0.3) is 0 Å². The number of benzene rings is 2. The minimum absolute atomic E-state index is 0.266. The zero-order chi connectivity index (χ0) is 22.0. The number of nitrogens with one attached hydrogen (secondary N) is 1. The van der Waals surface area contributed by atoms with Crippen LogP contribution in [0.3, 0.4) is 0 Å². The van der Waals surface area contributed by atoms with Gasteiger partial charge in [-0.2, -0.15) is 0 Å². The Bertz CT molecular complexity index is 1160. The number of nitrogen functional groups attached to an aromatic ring is 1. The summed E-state index contributed by atoms with van der Waals surface area (Å²) >= 11 is 6.35. The van der Waals surface area contributed by atoms with E-state index >= 15 is 0 Å². The zero-order valence-electron chi connectivity index (χ0n) is 17.5. The molecule has 1 aromatic heterocycles. The van der Waals surface area contributed by atoms with Gasteiger partial charge in [0.2, 0.25) is 0 Å². The lowest BCUT2D eigenvalue weighted by Crippen LogP contribution is -2.27. The van der Waals surface area contributed by atoms with Gasteiger partial charge in [-0.1, -0.05) is 23.7 Å². The first-order chi connectivity index (χ1) is 14.2. The molecule has 2 amide bonds. The zero-order valence-corrected chi connectivity index (χ0v) is 18.2. The molecule has 8 heteroatoms. The largest absolute Gasteiger partial charge is 0.422 e. The molecule has 7 nitrogen and oxygen atoms in total. The Hall–Kier alpha value is -3.03. The van der Waals surface area contributed by atoms with Crippen molar-refractivity contribution in [2.24, 2.45) is 0 Å². The third-order valence-corrected chi connectivity index (χ3v) is 5.19. The fourth-order valence-electron chi connectivity index (χ4n) is 3.22. The molecule has 2 aromatic carbocycles. The van der Waals surface area contributed by atoms with Crippen molar-refractivity contribution < 1.29 is 9.21 Å². The first-order valence-electron chi connectivity index (χ1n) is 9.42. The molecule has 30 heavy (non-hydrogen) atoms. The summed E-state index contributed by atoms with van der Waals surface area (Å²) in [4.78, 5) is 28.3. The van der Waals surface area contributed by atoms with Gasteiger partial charge < -0.3 is 25.3 Å². The van der Waals surface area contributed by atoms with Crippen molar-refractivity contribution in [2.45, 2.75) is 13.0 Å². The Morgan fingerprint density at radius 2 is 1.87 bits per heavy atom. The fourth-order valence-corrected chi connectivity index (χ4v) is 3.41. The molecule has 3 N–H and O–H groups in total. The summed E-state index contributed by atoms with van der Waals surface area (Å²) in [5.41, 5.74) is 9.07. The molecule has 0 radical (unpaired) electrons. The highest BCUT2D eigenvalue weighted by atomic mass is 35.5. The van der Waals surface area contributed by atoms with Crippen LogP contribution < -0.4 is 16.7 Å². The maximum atomic E-state index is 12.9. The second kappa shape index (κ2) is 8.77. The molecule has 0 saturated heterocycles. The summed E-state index contributed by atoms with van der Waals surface area (Å²) in [7, 11) is 7.17. The number of urea groups is 1. The molecule has 3 rings (SSSR count). The minimum atomic E-state index is -0.436. The quantitative estimate of drug-likeness (QED) is 0.476. The van der Waals surface area contributed by atoms with Gasteiger partial charge in [-0.3, -0.25) is 0 Å². The molecule has 0 fully saturated rings. The topological polar surface area (TPSA) is 91.8 Å². The van der Waals surface area contributed by atoms with Gasteiger partial charge in [0.1, 0.15) is 5.58 Å². The molecule has 3 aromatic rings. The molecule has 0 bridgehead atoms. The molecule has 0 spiro atoms. The maximum absolute atomic E-state index is 12.9. The number of fused-ring (bicyclic) bond motifs is 1. The second-order valence-electron chi connectivity index (χ2n) is 7.62. The summed E-state index contributed by atoms with van der Waals surface area (Å²) < 4.78 is 5.63. The third-order valence-electron chi connectivity index (χ3n) is 4.73. The number of halogens is 1. The van der Waals surface area contributed by atoms with E-state index in [1.165, 1.54) is 4.90 Å². The van der Waals surface area contributed by atoms with Crippen molar-refractivity contribution in [3.63, 3.8) is 0 Å². The van der Waals surface area contributed by atoms with E-state index in [1.807, 2.05) is 37.2 Å². The molecular weight excluding hydrogens is 404 g/mol. The molecule has 158 valence electrons. The molecule has 0 aliphatic rings. The smallest absolute Gasteiger partial charge is 0.340 e. The van der Waals surface area contributed by atoms with Crippen molar-refractivity contribution >= 4 is 40.0 Å². The van der Waals surface area contributed by atoms with E-state index in [0.717, 1.165) is 16.5 Å². The average molecular weight is 429 g/mol. The van der Waals surface area contributed by atoms with Crippen molar-refractivity contribution in [3.8, 4) is 0 Å². The van der Waals surface area contributed by atoms with E-state index < -0.39 is 5.63 Å². The van der Waals surface area contributed by atoms with E-state index in [0.29, 0.717) is 40.5 Å². The van der Waals surface area contributed by atoms with Gasteiger partial charge >= 0.3 is 11.7 Å².